The first-order valence-corrected chi connectivity index (χ1v) is 10.1. The van der Waals surface area contributed by atoms with Gasteiger partial charge in [-0.1, -0.05) is 11.6 Å². The number of benzene rings is 2. The van der Waals surface area contributed by atoms with Gasteiger partial charge in [-0.05, 0) is 73.5 Å². The second-order valence-electron chi connectivity index (χ2n) is 7.58. The maximum absolute atomic E-state index is 12.1. The summed E-state index contributed by atoms with van der Waals surface area (Å²) in [5.41, 5.74) is 0.325. The maximum Gasteiger partial charge on any atom is 0.338 e. The zero-order chi connectivity index (χ0) is 21.3. The summed E-state index contributed by atoms with van der Waals surface area (Å²) in [6, 6.07) is 8.01. The summed E-state index contributed by atoms with van der Waals surface area (Å²) < 4.78 is 17.3. The molecule has 8 heteroatoms. The number of rotatable bonds is 4. The zero-order valence-corrected chi connectivity index (χ0v) is 18.5. The Morgan fingerprint density at radius 1 is 1.24 bits per heavy atom. The molecule has 0 aliphatic carbocycles. The molecule has 6 nitrogen and oxygen atoms in total. The minimum atomic E-state index is -0.927. The van der Waals surface area contributed by atoms with Gasteiger partial charge in [-0.2, -0.15) is 0 Å². The van der Waals surface area contributed by atoms with Gasteiger partial charge in [-0.3, -0.25) is 4.79 Å². The van der Waals surface area contributed by atoms with Crippen LogP contribution < -0.4 is 9.47 Å². The van der Waals surface area contributed by atoms with E-state index in [1.165, 1.54) is 0 Å². The van der Waals surface area contributed by atoms with Crippen LogP contribution in [0.15, 0.2) is 34.8 Å². The van der Waals surface area contributed by atoms with E-state index in [0.29, 0.717) is 39.3 Å². The molecular weight excluding hydrogens is 464 g/mol. The molecular formula is C21H20BrClO6. The van der Waals surface area contributed by atoms with E-state index in [1.807, 2.05) is 0 Å². The molecule has 0 spiro atoms. The molecule has 2 aromatic rings. The standard InChI is InChI=1S/C21H20BrClO6/c1-21(2,3)29-20(26)11-4-6-12(7-5-11)28-18-15(23)10-14-13(19(24)25)8-9-27-17(14)16(18)22/h4-7,10,13H,8-9H2,1-3H3,(H,24,25). The molecule has 0 radical (unpaired) electrons. The van der Waals surface area contributed by atoms with Crippen LogP contribution in [0, 0.1) is 0 Å². The highest BCUT2D eigenvalue weighted by Gasteiger charge is 2.31. The third-order valence-corrected chi connectivity index (χ3v) is 5.20. The quantitative estimate of drug-likeness (QED) is 0.553. The molecule has 1 aliphatic rings. The molecule has 0 saturated heterocycles. The van der Waals surface area contributed by atoms with Crippen molar-refractivity contribution in [3.8, 4) is 17.2 Å². The lowest BCUT2D eigenvalue weighted by atomic mass is 9.93. The Balaban J connectivity index is 1.86. The second-order valence-corrected chi connectivity index (χ2v) is 8.78. The summed E-state index contributed by atoms with van der Waals surface area (Å²) >= 11 is 9.78. The molecule has 0 bridgehead atoms. The molecule has 154 valence electrons. The van der Waals surface area contributed by atoms with Crippen LogP contribution in [0.25, 0.3) is 0 Å². The molecule has 1 unspecified atom stereocenters. The third kappa shape index (κ3) is 4.85. The molecule has 1 aliphatic heterocycles. The number of ether oxygens (including phenoxy) is 3. The first-order valence-electron chi connectivity index (χ1n) is 8.95. The van der Waals surface area contributed by atoms with Crippen molar-refractivity contribution < 1.29 is 28.9 Å². The highest BCUT2D eigenvalue weighted by atomic mass is 79.9. The van der Waals surface area contributed by atoms with E-state index in [9.17, 15) is 14.7 Å². The monoisotopic (exact) mass is 482 g/mol. The molecule has 3 rings (SSSR count). The molecule has 0 saturated carbocycles. The molecule has 0 fully saturated rings. The summed E-state index contributed by atoms with van der Waals surface area (Å²) in [4.78, 5) is 23.6. The Labute approximate surface area is 181 Å². The SMILES string of the molecule is CC(C)(C)OC(=O)c1ccc(Oc2c(Cl)cc3c(c2Br)OCCC3C(=O)O)cc1. The van der Waals surface area contributed by atoms with Gasteiger partial charge < -0.3 is 19.3 Å². The van der Waals surface area contributed by atoms with E-state index in [0.717, 1.165) is 0 Å². The topological polar surface area (TPSA) is 82.1 Å². The first kappa shape index (κ1) is 21.5. The van der Waals surface area contributed by atoms with Crippen LogP contribution in [-0.2, 0) is 9.53 Å². The van der Waals surface area contributed by atoms with Crippen LogP contribution in [0.3, 0.4) is 0 Å². The highest BCUT2D eigenvalue weighted by molar-refractivity contribution is 9.10. The van der Waals surface area contributed by atoms with Crippen LogP contribution in [0.4, 0.5) is 0 Å². The van der Waals surface area contributed by atoms with Crippen molar-refractivity contribution >= 4 is 39.5 Å². The van der Waals surface area contributed by atoms with E-state index in [2.05, 4.69) is 15.9 Å². The Morgan fingerprint density at radius 2 is 1.90 bits per heavy atom. The van der Waals surface area contributed by atoms with Crippen molar-refractivity contribution in [2.24, 2.45) is 0 Å². The summed E-state index contributed by atoms with van der Waals surface area (Å²) in [6.07, 6.45) is 0.372. The van der Waals surface area contributed by atoms with E-state index >= 15 is 0 Å². The summed E-state index contributed by atoms with van der Waals surface area (Å²) in [6.45, 7) is 5.69. The van der Waals surface area contributed by atoms with E-state index < -0.39 is 23.5 Å². The van der Waals surface area contributed by atoms with Gasteiger partial charge in [0.2, 0.25) is 0 Å². The van der Waals surface area contributed by atoms with E-state index in [4.69, 9.17) is 25.8 Å². The van der Waals surface area contributed by atoms with E-state index in [-0.39, 0.29) is 11.6 Å². The smallest absolute Gasteiger partial charge is 0.338 e. The lowest BCUT2D eigenvalue weighted by Crippen LogP contribution is -2.23. The molecule has 0 aromatic heterocycles. The van der Waals surface area contributed by atoms with Gasteiger partial charge >= 0.3 is 11.9 Å². The number of carbonyl (C=O) groups is 2. The van der Waals surface area contributed by atoms with Crippen molar-refractivity contribution in [2.45, 2.75) is 38.7 Å². The fourth-order valence-corrected chi connectivity index (χ4v) is 3.91. The maximum atomic E-state index is 12.1. The predicted molar refractivity (Wildman–Crippen MR) is 111 cm³/mol. The lowest BCUT2D eigenvalue weighted by molar-refractivity contribution is -0.139. The molecule has 0 amide bonds. The fourth-order valence-electron chi connectivity index (χ4n) is 2.91. The van der Waals surface area contributed by atoms with E-state index in [1.54, 1.807) is 51.1 Å². The van der Waals surface area contributed by atoms with Gasteiger partial charge in [-0.15, -0.1) is 0 Å². The van der Waals surface area contributed by atoms with Crippen molar-refractivity contribution in [1.29, 1.82) is 0 Å². The van der Waals surface area contributed by atoms with Crippen LogP contribution in [0.2, 0.25) is 5.02 Å². The zero-order valence-electron chi connectivity index (χ0n) is 16.1. The number of esters is 1. The van der Waals surface area contributed by atoms with Crippen molar-refractivity contribution in [2.75, 3.05) is 6.61 Å². The molecule has 1 atom stereocenters. The second kappa shape index (κ2) is 8.24. The number of aliphatic carboxylic acids is 1. The number of carboxylic acid groups (broad SMARTS) is 1. The predicted octanol–water partition coefficient (Wildman–Crippen LogP) is 5.80. The molecule has 1 heterocycles. The van der Waals surface area contributed by atoms with Crippen LogP contribution >= 0.6 is 27.5 Å². The number of hydrogen-bond acceptors (Lipinski definition) is 5. The average Bonchev–Trinajstić information content (AvgIpc) is 2.63. The average molecular weight is 484 g/mol. The van der Waals surface area contributed by atoms with Crippen molar-refractivity contribution in [3.63, 3.8) is 0 Å². The Bertz CT molecular complexity index is 949. The summed E-state index contributed by atoms with van der Waals surface area (Å²) in [5, 5.41) is 9.68. The largest absolute Gasteiger partial charge is 0.492 e. The number of fused-ring (bicyclic) bond motifs is 1. The van der Waals surface area contributed by atoms with Crippen molar-refractivity contribution in [1.82, 2.24) is 0 Å². The van der Waals surface area contributed by atoms with Gasteiger partial charge in [-0.25, -0.2) is 4.79 Å². The number of carboxylic acids is 1. The normalized spacial score (nSPS) is 15.8. The third-order valence-electron chi connectivity index (χ3n) is 4.20. The molecule has 29 heavy (non-hydrogen) atoms. The van der Waals surface area contributed by atoms with Crippen molar-refractivity contribution in [3.05, 3.63) is 51.0 Å². The molecule has 2 aromatic carbocycles. The number of hydrogen-bond donors (Lipinski definition) is 1. The van der Waals surface area contributed by atoms with Gasteiger partial charge in [0.15, 0.2) is 5.75 Å². The van der Waals surface area contributed by atoms with Gasteiger partial charge in [0.1, 0.15) is 21.6 Å². The fraction of sp³-hybridized carbons (Fsp3) is 0.333. The Kier molecular flexibility index (Phi) is 6.10. The van der Waals surface area contributed by atoms with Gasteiger partial charge in [0.25, 0.3) is 0 Å². The van der Waals surface area contributed by atoms with Crippen LogP contribution in [0.5, 0.6) is 17.2 Å². The lowest BCUT2D eigenvalue weighted by Gasteiger charge is -2.25. The van der Waals surface area contributed by atoms with Gasteiger partial charge in [0.05, 0.1) is 23.1 Å². The van der Waals surface area contributed by atoms with Gasteiger partial charge in [0, 0.05) is 5.56 Å². The van der Waals surface area contributed by atoms with Crippen LogP contribution in [0.1, 0.15) is 49.0 Å². The summed E-state index contributed by atoms with van der Waals surface area (Å²) in [5.74, 6) is -0.871. The number of carbonyl (C=O) groups excluding carboxylic acids is 1. The minimum Gasteiger partial charge on any atom is -0.492 e. The highest BCUT2D eigenvalue weighted by Crippen LogP contribution is 2.48. The minimum absolute atomic E-state index is 0.253. The summed E-state index contributed by atoms with van der Waals surface area (Å²) in [7, 11) is 0. The number of halogens is 2. The Morgan fingerprint density at radius 3 is 2.48 bits per heavy atom. The molecule has 1 N–H and O–H groups in total. The van der Waals surface area contributed by atoms with Crippen LogP contribution in [-0.4, -0.2) is 29.3 Å². The first-order chi connectivity index (χ1) is 13.6. The Hall–Kier alpha value is -2.25.